The number of aliphatic carboxylic acids is 1. The summed E-state index contributed by atoms with van der Waals surface area (Å²) in [7, 11) is -3.21. The number of hydrogen-bond acceptors (Lipinski definition) is 7. The van der Waals surface area contributed by atoms with E-state index in [1.54, 1.807) is 31.5 Å². The quantitative estimate of drug-likeness (QED) is 0.754. The minimum atomic E-state index is -5.08. The van der Waals surface area contributed by atoms with Gasteiger partial charge in [0.05, 0.1) is 11.9 Å². The molecule has 3 rings (SSSR count). The number of ether oxygens (including phenoxy) is 1. The predicted octanol–water partition coefficient (Wildman–Crippen LogP) is 1.99. The van der Waals surface area contributed by atoms with Crippen molar-refractivity contribution < 1.29 is 40.8 Å². The fourth-order valence-electron chi connectivity index (χ4n) is 2.36. The SMILES string of the molecule is CCS(=O)(=O)N1CCc2onc(COc3cccnc3)c2C1.O=C(O)C(F)(F)F. The molecule has 0 amide bonds. The fraction of sp³-hybridized carbons (Fsp3) is 0.438. The lowest BCUT2D eigenvalue weighted by molar-refractivity contribution is -0.192. The molecular weight excluding hydrogens is 419 g/mol. The number of sulfonamides is 1. The topological polar surface area (TPSA) is 123 Å². The summed E-state index contributed by atoms with van der Waals surface area (Å²) < 4.78 is 68.1. The Bertz CT molecular complexity index is 931. The molecule has 13 heteroatoms. The van der Waals surface area contributed by atoms with Gasteiger partial charge in [-0.2, -0.15) is 17.5 Å². The van der Waals surface area contributed by atoms with Crippen LogP contribution >= 0.6 is 0 Å². The summed E-state index contributed by atoms with van der Waals surface area (Å²) in [5.74, 6) is -1.29. The van der Waals surface area contributed by atoms with E-state index < -0.39 is 22.2 Å². The van der Waals surface area contributed by atoms with Crippen molar-refractivity contribution in [1.82, 2.24) is 14.4 Å². The summed E-state index contributed by atoms with van der Waals surface area (Å²) in [4.78, 5) is 12.9. The fourth-order valence-corrected chi connectivity index (χ4v) is 3.42. The number of carbonyl (C=O) groups is 1. The molecule has 0 aliphatic carbocycles. The number of aromatic nitrogens is 2. The largest absolute Gasteiger partial charge is 0.490 e. The summed E-state index contributed by atoms with van der Waals surface area (Å²) >= 11 is 0. The first kappa shape index (κ1) is 22.6. The minimum Gasteiger partial charge on any atom is -0.486 e. The molecule has 160 valence electrons. The number of hydrogen-bond donors (Lipinski definition) is 1. The van der Waals surface area contributed by atoms with Gasteiger partial charge in [0.2, 0.25) is 10.0 Å². The van der Waals surface area contributed by atoms with Gasteiger partial charge in [0.1, 0.15) is 23.8 Å². The molecule has 2 aromatic heterocycles. The second-order valence-electron chi connectivity index (χ2n) is 5.80. The molecule has 0 saturated carbocycles. The van der Waals surface area contributed by atoms with Gasteiger partial charge in [-0.25, -0.2) is 13.2 Å². The molecule has 0 bridgehead atoms. The highest BCUT2D eigenvalue weighted by molar-refractivity contribution is 7.89. The Balaban J connectivity index is 0.000000370. The van der Waals surface area contributed by atoms with Gasteiger partial charge in [-0.1, -0.05) is 5.16 Å². The van der Waals surface area contributed by atoms with E-state index in [9.17, 15) is 21.6 Å². The first-order chi connectivity index (χ1) is 13.5. The van der Waals surface area contributed by atoms with Gasteiger partial charge in [-0.05, 0) is 19.1 Å². The van der Waals surface area contributed by atoms with E-state index in [2.05, 4.69) is 10.1 Å². The molecule has 29 heavy (non-hydrogen) atoms. The van der Waals surface area contributed by atoms with Gasteiger partial charge >= 0.3 is 12.1 Å². The Morgan fingerprint density at radius 1 is 1.41 bits per heavy atom. The summed E-state index contributed by atoms with van der Waals surface area (Å²) in [6.07, 6.45) is -1.27. The summed E-state index contributed by atoms with van der Waals surface area (Å²) in [5.41, 5.74) is 1.45. The molecule has 0 spiro atoms. The van der Waals surface area contributed by atoms with Gasteiger partial charge in [0.15, 0.2) is 0 Å². The molecule has 2 aromatic rings. The third-order valence-corrected chi connectivity index (χ3v) is 5.71. The highest BCUT2D eigenvalue weighted by Crippen LogP contribution is 2.25. The second-order valence-corrected chi connectivity index (χ2v) is 8.05. The van der Waals surface area contributed by atoms with Crippen molar-refractivity contribution in [2.24, 2.45) is 0 Å². The van der Waals surface area contributed by atoms with Crippen LogP contribution in [0.1, 0.15) is 23.9 Å². The lowest BCUT2D eigenvalue weighted by atomic mass is 10.1. The summed E-state index contributed by atoms with van der Waals surface area (Å²) in [6, 6.07) is 3.58. The Morgan fingerprint density at radius 3 is 2.66 bits per heavy atom. The predicted molar refractivity (Wildman–Crippen MR) is 92.3 cm³/mol. The van der Waals surface area contributed by atoms with E-state index in [0.29, 0.717) is 31.0 Å². The van der Waals surface area contributed by atoms with E-state index in [-0.39, 0.29) is 12.4 Å². The third kappa shape index (κ3) is 6.15. The molecule has 0 radical (unpaired) electrons. The van der Waals surface area contributed by atoms with Crippen LogP contribution in [0.4, 0.5) is 13.2 Å². The Labute approximate surface area is 164 Å². The van der Waals surface area contributed by atoms with Crippen LogP contribution in [0.3, 0.4) is 0 Å². The smallest absolute Gasteiger partial charge is 0.486 e. The van der Waals surface area contributed by atoms with E-state index >= 15 is 0 Å². The van der Waals surface area contributed by atoms with Crippen LogP contribution in [0.15, 0.2) is 29.0 Å². The van der Waals surface area contributed by atoms with Crippen LogP contribution in [0.2, 0.25) is 0 Å². The van der Waals surface area contributed by atoms with Crippen LogP contribution in [0.5, 0.6) is 5.75 Å². The monoisotopic (exact) mass is 437 g/mol. The molecule has 0 aromatic carbocycles. The molecule has 9 nitrogen and oxygen atoms in total. The van der Waals surface area contributed by atoms with E-state index in [0.717, 1.165) is 11.3 Å². The molecule has 3 heterocycles. The van der Waals surface area contributed by atoms with Crippen molar-refractivity contribution in [2.45, 2.75) is 32.7 Å². The zero-order valence-electron chi connectivity index (χ0n) is 15.2. The number of alkyl halides is 3. The average molecular weight is 437 g/mol. The highest BCUT2D eigenvalue weighted by Gasteiger charge is 2.38. The number of carboxylic acid groups (broad SMARTS) is 1. The lowest BCUT2D eigenvalue weighted by Gasteiger charge is -2.24. The highest BCUT2D eigenvalue weighted by atomic mass is 32.2. The van der Waals surface area contributed by atoms with Gasteiger partial charge in [-0.15, -0.1) is 0 Å². The lowest BCUT2D eigenvalue weighted by Crippen LogP contribution is -2.36. The van der Waals surface area contributed by atoms with Gasteiger partial charge in [-0.3, -0.25) is 4.98 Å². The second kappa shape index (κ2) is 9.22. The van der Waals surface area contributed by atoms with Crippen LogP contribution < -0.4 is 4.74 Å². The van der Waals surface area contributed by atoms with Crippen LogP contribution in [-0.4, -0.2) is 52.4 Å². The van der Waals surface area contributed by atoms with Gasteiger partial charge in [0, 0.05) is 31.3 Å². The number of carboxylic acids is 1. The van der Waals surface area contributed by atoms with E-state index in [1.165, 1.54) is 4.31 Å². The Morgan fingerprint density at radius 2 is 2.10 bits per heavy atom. The summed E-state index contributed by atoms with van der Waals surface area (Å²) in [5, 5.41) is 11.1. The minimum absolute atomic E-state index is 0.0924. The third-order valence-electron chi connectivity index (χ3n) is 3.88. The number of fused-ring (bicyclic) bond motifs is 1. The molecule has 1 aliphatic rings. The van der Waals surface area contributed by atoms with Gasteiger partial charge < -0.3 is 14.4 Å². The maximum Gasteiger partial charge on any atom is 0.490 e. The standard InChI is InChI=1S/C14H17N3O4S.C2HF3O2/c1-2-22(18,19)17-7-5-14-12(9-17)13(16-21-14)10-20-11-4-3-6-15-8-11;3-2(4,5)1(6)7/h3-4,6,8H,2,5,7,9-10H2,1H3;(H,6,7). The number of rotatable bonds is 5. The van der Waals surface area contributed by atoms with E-state index in [1.807, 2.05) is 0 Å². The van der Waals surface area contributed by atoms with Crippen LogP contribution in [0, 0.1) is 0 Å². The Kier molecular flexibility index (Phi) is 7.19. The van der Waals surface area contributed by atoms with Crippen molar-refractivity contribution in [2.75, 3.05) is 12.3 Å². The van der Waals surface area contributed by atoms with Crippen LogP contribution in [0.25, 0.3) is 0 Å². The number of halogens is 3. The van der Waals surface area contributed by atoms with Crippen LogP contribution in [-0.2, 0) is 34.4 Å². The van der Waals surface area contributed by atoms with Crippen molar-refractivity contribution in [3.63, 3.8) is 0 Å². The summed E-state index contributed by atoms with van der Waals surface area (Å²) in [6.45, 7) is 2.59. The first-order valence-electron chi connectivity index (χ1n) is 8.31. The normalized spacial score (nSPS) is 14.5. The zero-order valence-corrected chi connectivity index (χ0v) is 16.0. The molecule has 0 fully saturated rings. The molecule has 1 aliphatic heterocycles. The van der Waals surface area contributed by atoms with Crippen molar-refractivity contribution >= 4 is 16.0 Å². The molecular formula is C16H18F3N3O6S. The molecule has 0 saturated heterocycles. The number of pyridine rings is 1. The molecule has 1 N–H and O–H groups in total. The first-order valence-corrected chi connectivity index (χ1v) is 9.92. The maximum absolute atomic E-state index is 12.0. The van der Waals surface area contributed by atoms with Gasteiger partial charge in [0.25, 0.3) is 0 Å². The van der Waals surface area contributed by atoms with Crippen molar-refractivity contribution in [3.05, 3.63) is 41.5 Å². The Hall–Kier alpha value is -2.67. The number of nitrogens with zero attached hydrogens (tertiary/aromatic N) is 3. The average Bonchev–Trinajstić information content (AvgIpc) is 3.09. The molecule has 0 unspecified atom stereocenters. The van der Waals surface area contributed by atoms with Crippen molar-refractivity contribution in [1.29, 1.82) is 0 Å². The zero-order chi connectivity index (χ0) is 21.7. The van der Waals surface area contributed by atoms with Crippen molar-refractivity contribution in [3.8, 4) is 5.75 Å². The molecule has 0 atom stereocenters. The maximum atomic E-state index is 12.0. The van der Waals surface area contributed by atoms with E-state index in [4.69, 9.17) is 19.2 Å².